The summed E-state index contributed by atoms with van der Waals surface area (Å²) in [6.07, 6.45) is -1.26. The topological polar surface area (TPSA) is 123 Å². The van der Waals surface area contributed by atoms with Crippen LogP contribution in [0.3, 0.4) is 0 Å². The molecule has 42 heavy (non-hydrogen) atoms. The molecule has 3 atom stereocenters. The Labute approximate surface area is 239 Å². The molecular weight excluding hydrogens is 571 g/mol. The van der Waals surface area contributed by atoms with Crippen LogP contribution in [-0.4, -0.2) is 44.7 Å². The first-order valence-electron chi connectivity index (χ1n) is 13.1. The molecule has 210 valence electrons. The molecule has 1 aliphatic heterocycles. The lowest BCUT2D eigenvalue weighted by Gasteiger charge is -2.17. The second kappa shape index (κ2) is 8.61. The van der Waals surface area contributed by atoms with Crippen LogP contribution in [0.1, 0.15) is 41.4 Å². The fourth-order valence-electron chi connectivity index (χ4n) is 5.94. The Bertz CT molecular complexity index is 2110. The van der Waals surface area contributed by atoms with Crippen molar-refractivity contribution in [1.29, 1.82) is 0 Å². The van der Waals surface area contributed by atoms with Gasteiger partial charge in [-0.05, 0) is 43.5 Å². The summed E-state index contributed by atoms with van der Waals surface area (Å²) in [4.78, 5) is 26.5. The maximum absolute atomic E-state index is 13.6. The lowest BCUT2D eigenvalue weighted by molar-refractivity contribution is -0.141. The van der Waals surface area contributed by atoms with Gasteiger partial charge in [-0.25, -0.2) is 14.6 Å². The standard InChI is InChI=1S/C28H19ClF3N9O/c1-12-15-4-2-13(6-20(15)37-36-12)21-10-33-26(34-21)25-16-8-17(16)27-35-19(9-24(42)41(25)27)18-7-14(29)3-5-22(18)40-11-23(38-39-40)28(30,31)32/h2-7,9-11,16-17,25H,8H2,1H3,(H,33,34)(H,36,37). The van der Waals surface area contributed by atoms with Gasteiger partial charge in [0.2, 0.25) is 0 Å². The van der Waals surface area contributed by atoms with Crippen LogP contribution in [0.15, 0.2) is 59.7 Å². The third-order valence-electron chi connectivity index (χ3n) is 8.03. The van der Waals surface area contributed by atoms with Gasteiger partial charge in [-0.1, -0.05) is 28.9 Å². The van der Waals surface area contributed by atoms with E-state index >= 15 is 0 Å². The van der Waals surface area contributed by atoms with Crippen LogP contribution in [0.25, 0.3) is 39.1 Å². The van der Waals surface area contributed by atoms with Gasteiger partial charge in [0.25, 0.3) is 5.56 Å². The minimum absolute atomic E-state index is 0.0606. The third-order valence-corrected chi connectivity index (χ3v) is 8.27. The van der Waals surface area contributed by atoms with Crippen LogP contribution in [0.5, 0.6) is 0 Å². The van der Waals surface area contributed by atoms with Gasteiger partial charge in [0.05, 0.1) is 41.0 Å². The Morgan fingerprint density at radius 1 is 1.12 bits per heavy atom. The van der Waals surface area contributed by atoms with Crippen molar-refractivity contribution in [3.05, 3.63) is 93.3 Å². The monoisotopic (exact) mass is 589 g/mol. The van der Waals surface area contributed by atoms with Crippen molar-refractivity contribution in [3.63, 3.8) is 0 Å². The van der Waals surface area contributed by atoms with Gasteiger partial charge in [-0.3, -0.25) is 14.5 Å². The molecule has 1 aliphatic carbocycles. The summed E-state index contributed by atoms with van der Waals surface area (Å²) in [5, 5.41) is 15.6. The van der Waals surface area contributed by atoms with E-state index in [2.05, 4.69) is 30.5 Å². The number of nitrogens with one attached hydrogen (secondary N) is 2. The number of hydrogen-bond acceptors (Lipinski definition) is 6. The molecule has 4 aromatic heterocycles. The van der Waals surface area contributed by atoms with Gasteiger partial charge < -0.3 is 4.98 Å². The molecule has 1 fully saturated rings. The Balaban J connectivity index is 1.18. The van der Waals surface area contributed by atoms with Crippen molar-refractivity contribution in [2.75, 3.05) is 0 Å². The summed E-state index contributed by atoms with van der Waals surface area (Å²) in [5.74, 6) is 1.49. The first kappa shape index (κ1) is 25.0. The van der Waals surface area contributed by atoms with E-state index in [1.165, 1.54) is 18.2 Å². The number of benzene rings is 2. The molecule has 5 heterocycles. The number of aromatic amines is 2. The predicted molar refractivity (Wildman–Crippen MR) is 146 cm³/mol. The van der Waals surface area contributed by atoms with E-state index in [9.17, 15) is 18.0 Å². The van der Waals surface area contributed by atoms with Crippen molar-refractivity contribution in [2.45, 2.75) is 31.5 Å². The summed E-state index contributed by atoms with van der Waals surface area (Å²) in [7, 11) is 0. The fourth-order valence-corrected chi connectivity index (χ4v) is 6.11. The first-order chi connectivity index (χ1) is 20.2. The van der Waals surface area contributed by atoms with E-state index in [1.807, 2.05) is 25.1 Å². The maximum atomic E-state index is 13.6. The van der Waals surface area contributed by atoms with Gasteiger partial charge in [-0.2, -0.15) is 18.3 Å². The SMILES string of the molecule is Cc1[nH]nc2cc(-c3cnc(C4C5CC5c5nc(-c6cc(Cl)ccc6-n6cc(C(F)(F)F)nn6)cc(=O)n54)[nH]3)ccc12. The number of H-pyrrole nitrogens is 2. The molecule has 2 N–H and O–H groups in total. The molecule has 14 heteroatoms. The smallest absolute Gasteiger partial charge is 0.340 e. The summed E-state index contributed by atoms with van der Waals surface area (Å²) in [5.41, 5.74) is 3.08. The minimum Gasteiger partial charge on any atom is -0.340 e. The quantitative estimate of drug-likeness (QED) is 0.282. The Hall–Kier alpha value is -4.78. The van der Waals surface area contributed by atoms with Crippen molar-refractivity contribution in [3.8, 4) is 28.2 Å². The van der Waals surface area contributed by atoms with E-state index in [0.29, 0.717) is 27.9 Å². The van der Waals surface area contributed by atoms with Crippen molar-refractivity contribution >= 4 is 22.5 Å². The number of hydrogen-bond donors (Lipinski definition) is 2. The van der Waals surface area contributed by atoms with Crippen LogP contribution in [0.4, 0.5) is 13.2 Å². The van der Waals surface area contributed by atoms with Crippen LogP contribution >= 0.6 is 11.6 Å². The highest BCUT2D eigenvalue weighted by atomic mass is 35.5. The summed E-state index contributed by atoms with van der Waals surface area (Å²) in [6, 6.07) is 11.7. The molecule has 0 bridgehead atoms. The van der Waals surface area contributed by atoms with Crippen LogP contribution in [0.2, 0.25) is 5.02 Å². The molecule has 0 amide bonds. The molecule has 6 aromatic rings. The predicted octanol–water partition coefficient (Wildman–Crippen LogP) is 5.44. The van der Waals surface area contributed by atoms with Crippen molar-refractivity contribution < 1.29 is 13.2 Å². The molecule has 8 rings (SSSR count). The zero-order chi connectivity index (χ0) is 28.9. The van der Waals surface area contributed by atoms with Crippen molar-refractivity contribution in [2.24, 2.45) is 5.92 Å². The molecule has 2 aliphatic rings. The zero-order valence-corrected chi connectivity index (χ0v) is 22.4. The average molecular weight is 590 g/mol. The van der Waals surface area contributed by atoms with Gasteiger partial charge in [0.15, 0.2) is 5.69 Å². The van der Waals surface area contributed by atoms with E-state index in [1.54, 1.807) is 16.8 Å². The van der Waals surface area contributed by atoms with Gasteiger partial charge in [-0.15, -0.1) is 5.10 Å². The van der Waals surface area contributed by atoms with Gasteiger partial charge in [0, 0.05) is 39.2 Å². The van der Waals surface area contributed by atoms with Crippen LogP contribution < -0.4 is 5.56 Å². The third kappa shape index (κ3) is 3.80. The fraction of sp³-hybridized carbons (Fsp3) is 0.214. The molecule has 0 radical (unpaired) electrons. The van der Waals surface area contributed by atoms with Gasteiger partial charge >= 0.3 is 6.18 Å². The number of halogens is 4. The van der Waals surface area contributed by atoms with E-state index < -0.39 is 11.9 Å². The molecule has 3 unspecified atom stereocenters. The normalized spacial score (nSPS) is 19.3. The van der Waals surface area contributed by atoms with E-state index in [-0.39, 0.29) is 29.1 Å². The lowest BCUT2D eigenvalue weighted by atomic mass is 10.1. The summed E-state index contributed by atoms with van der Waals surface area (Å²) >= 11 is 6.26. The molecule has 1 saturated carbocycles. The summed E-state index contributed by atoms with van der Waals surface area (Å²) < 4.78 is 42.2. The Morgan fingerprint density at radius 2 is 1.98 bits per heavy atom. The molecule has 0 spiro atoms. The number of rotatable bonds is 4. The molecular formula is C28H19ClF3N9O. The van der Waals surface area contributed by atoms with Crippen LogP contribution in [-0.2, 0) is 6.18 Å². The molecule has 10 nitrogen and oxygen atoms in total. The highest BCUT2D eigenvalue weighted by Gasteiger charge is 2.55. The number of nitrogens with zero attached hydrogens (tertiary/aromatic N) is 7. The summed E-state index contributed by atoms with van der Waals surface area (Å²) in [6.45, 7) is 1.97. The highest BCUT2D eigenvalue weighted by molar-refractivity contribution is 6.31. The Morgan fingerprint density at radius 3 is 2.79 bits per heavy atom. The number of aromatic nitrogens is 9. The first-order valence-corrected chi connectivity index (χ1v) is 13.5. The second-order valence-corrected chi connectivity index (χ2v) is 11.1. The van der Waals surface area contributed by atoms with Crippen molar-refractivity contribution in [1.82, 2.24) is 44.7 Å². The average Bonchev–Trinajstić information content (AvgIpc) is 3.37. The second-order valence-electron chi connectivity index (χ2n) is 10.6. The van der Waals surface area contributed by atoms with Crippen LogP contribution in [0, 0.1) is 12.8 Å². The number of fused-ring (bicyclic) bond motifs is 4. The number of imidazole rings is 1. The van der Waals surface area contributed by atoms with Gasteiger partial charge in [0.1, 0.15) is 11.6 Å². The Kier molecular flexibility index (Phi) is 5.12. The maximum Gasteiger partial charge on any atom is 0.436 e. The molecule has 2 aromatic carbocycles. The number of alkyl halides is 3. The highest BCUT2D eigenvalue weighted by Crippen LogP contribution is 2.59. The lowest BCUT2D eigenvalue weighted by Crippen LogP contribution is -2.27. The molecule has 0 saturated heterocycles. The minimum atomic E-state index is -4.65. The van der Waals surface area contributed by atoms with E-state index in [0.717, 1.165) is 45.2 Å². The number of aryl methyl sites for hydroxylation is 1. The van der Waals surface area contributed by atoms with E-state index in [4.69, 9.17) is 16.6 Å². The zero-order valence-electron chi connectivity index (χ0n) is 21.7. The largest absolute Gasteiger partial charge is 0.436 e.